The third-order valence-electron chi connectivity index (χ3n) is 3.20. The molecule has 0 aliphatic rings. The summed E-state index contributed by atoms with van der Waals surface area (Å²) in [4.78, 5) is 0. The molecule has 0 saturated carbocycles. The fourth-order valence-electron chi connectivity index (χ4n) is 2.20. The van der Waals surface area contributed by atoms with Crippen molar-refractivity contribution in [2.24, 2.45) is 0 Å². The lowest BCUT2D eigenvalue weighted by atomic mass is 10.1. The second-order valence-corrected chi connectivity index (χ2v) is 4.42. The van der Waals surface area contributed by atoms with Crippen LogP contribution < -0.4 is 0 Å². The van der Waals surface area contributed by atoms with Gasteiger partial charge in [0.25, 0.3) is 0 Å². The molecule has 0 aliphatic heterocycles. The van der Waals surface area contributed by atoms with E-state index >= 15 is 0 Å². The molecule has 0 saturated heterocycles. The first kappa shape index (κ1) is 11.5. The Kier molecular flexibility index (Phi) is 2.77. The van der Waals surface area contributed by atoms with Crippen LogP contribution in [-0.2, 0) is 6.54 Å². The molecule has 0 unspecified atom stereocenters. The molecular weight excluding hydrogens is 239 g/mol. The highest BCUT2D eigenvalue weighted by Crippen LogP contribution is 2.19. The van der Waals surface area contributed by atoms with Crippen molar-refractivity contribution < 1.29 is 4.39 Å². The topological polar surface area (TPSA) is 28.7 Å². The summed E-state index contributed by atoms with van der Waals surface area (Å²) in [5.41, 5.74) is 2.20. The van der Waals surface area contributed by atoms with E-state index in [-0.39, 0.29) is 5.82 Å². The number of nitriles is 1. The minimum atomic E-state index is -0.208. The second-order valence-electron chi connectivity index (χ2n) is 4.42. The molecule has 0 N–H and O–H groups in total. The molecule has 0 fully saturated rings. The van der Waals surface area contributed by atoms with Crippen molar-refractivity contribution >= 4 is 10.9 Å². The highest BCUT2D eigenvalue weighted by Gasteiger charge is 2.05. The van der Waals surface area contributed by atoms with Crippen LogP contribution in [0.4, 0.5) is 4.39 Å². The molecule has 3 aromatic rings. The average molecular weight is 250 g/mol. The normalized spacial score (nSPS) is 10.5. The van der Waals surface area contributed by atoms with Gasteiger partial charge in [-0.1, -0.05) is 24.3 Å². The summed E-state index contributed by atoms with van der Waals surface area (Å²) in [6.07, 6.45) is 1.91. The van der Waals surface area contributed by atoms with E-state index in [0.29, 0.717) is 17.7 Å². The number of rotatable bonds is 2. The van der Waals surface area contributed by atoms with Crippen LogP contribution in [-0.4, -0.2) is 4.57 Å². The van der Waals surface area contributed by atoms with Gasteiger partial charge < -0.3 is 4.57 Å². The Morgan fingerprint density at radius 2 is 1.95 bits per heavy atom. The molecular formula is C16H11FN2. The number of hydrogen-bond acceptors (Lipinski definition) is 1. The predicted molar refractivity (Wildman–Crippen MR) is 72.2 cm³/mol. The summed E-state index contributed by atoms with van der Waals surface area (Å²) in [5, 5.41) is 9.99. The zero-order valence-corrected chi connectivity index (χ0v) is 10.2. The van der Waals surface area contributed by atoms with Crippen LogP contribution in [0, 0.1) is 17.1 Å². The largest absolute Gasteiger partial charge is 0.343 e. The van der Waals surface area contributed by atoms with Crippen LogP contribution in [0.5, 0.6) is 0 Å². The van der Waals surface area contributed by atoms with Gasteiger partial charge in [0.2, 0.25) is 0 Å². The van der Waals surface area contributed by atoms with E-state index in [1.807, 2.05) is 35.0 Å². The van der Waals surface area contributed by atoms with Crippen molar-refractivity contribution in [1.82, 2.24) is 4.57 Å². The van der Waals surface area contributed by atoms with E-state index in [1.165, 1.54) is 6.07 Å². The molecule has 2 aromatic carbocycles. The summed E-state index contributed by atoms with van der Waals surface area (Å²) >= 11 is 0. The smallest absolute Gasteiger partial charge is 0.128 e. The van der Waals surface area contributed by atoms with E-state index in [9.17, 15) is 4.39 Å². The molecule has 0 aliphatic carbocycles. The Labute approximate surface area is 110 Å². The van der Waals surface area contributed by atoms with Gasteiger partial charge in [0.05, 0.1) is 18.2 Å². The standard InChI is InChI=1S/C16H11FN2/c17-15-4-2-1-3-14(15)11-19-8-7-13-6-5-12(10-18)9-16(13)19/h1-9H,11H2. The predicted octanol–water partition coefficient (Wildman–Crippen LogP) is 3.70. The van der Waals surface area contributed by atoms with Gasteiger partial charge in [-0.3, -0.25) is 0 Å². The molecule has 19 heavy (non-hydrogen) atoms. The Morgan fingerprint density at radius 3 is 2.74 bits per heavy atom. The van der Waals surface area contributed by atoms with Crippen molar-refractivity contribution in [2.75, 3.05) is 0 Å². The van der Waals surface area contributed by atoms with Gasteiger partial charge in [-0.2, -0.15) is 5.26 Å². The molecule has 92 valence electrons. The Hall–Kier alpha value is -2.60. The second kappa shape index (κ2) is 4.58. The van der Waals surface area contributed by atoms with Crippen LogP contribution in [0.15, 0.2) is 54.7 Å². The molecule has 1 heterocycles. The first-order chi connectivity index (χ1) is 9.28. The van der Waals surface area contributed by atoms with Gasteiger partial charge in [0.15, 0.2) is 0 Å². The van der Waals surface area contributed by atoms with Gasteiger partial charge in [0.1, 0.15) is 5.82 Å². The fraction of sp³-hybridized carbons (Fsp3) is 0.0625. The van der Waals surface area contributed by atoms with Crippen molar-refractivity contribution in [3.8, 4) is 6.07 Å². The summed E-state index contributed by atoms with van der Waals surface area (Å²) in [5.74, 6) is -0.208. The number of halogens is 1. The lowest BCUT2D eigenvalue weighted by molar-refractivity contribution is 0.602. The van der Waals surface area contributed by atoms with Crippen molar-refractivity contribution in [3.63, 3.8) is 0 Å². The summed E-state index contributed by atoms with van der Waals surface area (Å²) in [7, 11) is 0. The number of fused-ring (bicyclic) bond motifs is 1. The van der Waals surface area contributed by atoms with Crippen LogP contribution in [0.3, 0.4) is 0 Å². The average Bonchev–Trinajstić information content (AvgIpc) is 2.84. The van der Waals surface area contributed by atoms with Crippen LogP contribution in [0.25, 0.3) is 10.9 Å². The molecule has 0 bridgehead atoms. The maximum absolute atomic E-state index is 13.7. The third-order valence-corrected chi connectivity index (χ3v) is 3.20. The molecule has 0 spiro atoms. The van der Waals surface area contributed by atoms with Gasteiger partial charge in [-0.25, -0.2) is 4.39 Å². The van der Waals surface area contributed by atoms with Crippen molar-refractivity contribution in [2.45, 2.75) is 6.54 Å². The van der Waals surface area contributed by atoms with E-state index < -0.39 is 0 Å². The minimum absolute atomic E-state index is 0.208. The van der Waals surface area contributed by atoms with Gasteiger partial charge in [0, 0.05) is 17.3 Å². The SMILES string of the molecule is N#Cc1ccc2ccn(Cc3ccccc3F)c2c1. The van der Waals surface area contributed by atoms with E-state index in [2.05, 4.69) is 6.07 Å². The Morgan fingerprint density at radius 1 is 1.11 bits per heavy atom. The van der Waals surface area contributed by atoms with E-state index in [1.54, 1.807) is 18.2 Å². The molecule has 2 nitrogen and oxygen atoms in total. The first-order valence-electron chi connectivity index (χ1n) is 6.00. The quantitative estimate of drug-likeness (QED) is 0.681. The maximum atomic E-state index is 13.7. The van der Waals surface area contributed by atoms with Crippen molar-refractivity contribution in [1.29, 1.82) is 5.26 Å². The van der Waals surface area contributed by atoms with Gasteiger partial charge in [-0.05, 0) is 29.7 Å². The molecule has 3 heteroatoms. The molecule has 0 atom stereocenters. The zero-order chi connectivity index (χ0) is 13.2. The monoisotopic (exact) mass is 250 g/mol. The first-order valence-corrected chi connectivity index (χ1v) is 6.00. The lowest BCUT2D eigenvalue weighted by Gasteiger charge is -2.07. The Bertz CT molecular complexity index is 781. The molecule has 3 rings (SSSR count). The molecule has 0 radical (unpaired) electrons. The number of benzene rings is 2. The lowest BCUT2D eigenvalue weighted by Crippen LogP contribution is -2.00. The molecule has 0 amide bonds. The van der Waals surface area contributed by atoms with Crippen LogP contribution >= 0.6 is 0 Å². The fourth-order valence-corrected chi connectivity index (χ4v) is 2.20. The molecule has 1 aromatic heterocycles. The maximum Gasteiger partial charge on any atom is 0.128 e. The van der Waals surface area contributed by atoms with Crippen LogP contribution in [0.1, 0.15) is 11.1 Å². The van der Waals surface area contributed by atoms with Crippen molar-refractivity contribution in [3.05, 3.63) is 71.7 Å². The number of nitrogens with zero attached hydrogens (tertiary/aromatic N) is 2. The summed E-state index contributed by atoms with van der Waals surface area (Å²) in [6, 6.07) is 16.4. The van der Waals surface area contributed by atoms with Gasteiger partial charge in [-0.15, -0.1) is 0 Å². The summed E-state index contributed by atoms with van der Waals surface area (Å²) < 4.78 is 15.6. The number of hydrogen-bond donors (Lipinski definition) is 0. The highest BCUT2D eigenvalue weighted by molar-refractivity contribution is 5.81. The summed E-state index contributed by atoms with van der Waals surface area (Å²) in [6.45, 7) is 0.463. The van der Waals surface area contributed by atoms with E-state index in [4.69, 9.17) is 5.26 Å². The Balaban J connectivity index is 2.06. The third kappa shape index (κ3) is 2.09. The minimum Gasteiger partial charge on any atom is -0.343 e. The highest BCUT2D eigenvalue weighted by atomic mass is 19.1. The van der Waals surface area contributed by atoms with E-state index in [0.717, 1.165) is 10.9 Å². The van der Waals surface area contributed by atoms with Gasteiger partial charge >= 0.3 is 0 Å². The number of aromatic nitrogens is 1. The van der Waals surface area contributed by atoms with Crippen LogP contribution in [0.2, 0.25) is 0 Å². The zero-order valence-electron chi connectivity index (χ0n) is 10.2.